The van der Waals surface area contributed by atoms with Crippen LogP contribution in [0.15, 0.2) is 0 Å². The van der Waals surface area contributed by atoms with Gasteiger partial charge < -0.3 is 14.2 Å². The van der Waals surface area contributed by atoms with Crippen LogP contribution in [0.25, 0.3) is 0 Å². The Kier molecular flexibility index (Phi) is 8.33. The predicted octanol–water partition coefficient (Wildman–Crippen LogP) is 2.36. The van der Waals surface area contributed by atoms with E-state index in [1.165, 1.54) is 0 Å². The summed E-state index contributed by atoms with van der Waals surface area (Å²) in [4.78, 5) is 11.0. The highest BCUT2D eigenvalue weighted by Crippen LogP contribution is 2.02. The number of hydrogen-bond acceptors (Lipinski definition) is 4. The highest BCUT2D eigenvalue weighted by molar-refractivity contribution is 5.60. The van der Waals surface area contributed by atoms with Crippen molar-refractivity contribution in [3.8, 4) is 0 Å². The molecule has 0 aliphatic heterocycles. The van der Waals surface area contributed by atoms with Gasteiger partial charge in [-0.3, -0.25) is 0 Å². The van der Waals surface area contributed by atoms with Crippen molar-refractivity contribution >= 4 is 6.16 Å². The number of ether oxygens (including phenoxy) is 3. The van der Waals surface area contributed by atoms with Gasteiger partial charge in [-0.1, -0.05) is 13.3 Å². The lowest BCUT2D eigenvalue weighted by Gasteiger charge is -2.11. The second-order valence-corrected chi connectivity index (χ2v) is 3.01. The molecule has 0 N–H and O–H groups in total. The summed E-state index contributed by atoms with van der Waals surface area (Å²) < 4.78 is 14.7. The Hall–Kier alpha value is -0.770. The van der Waals surface area contributed by atoms with Gasteiger partial charge in [0.2, 0.25) is 0 Å². The van der Waals surface area contributed by atoms with E-state index in [0.29, 0.717) is 13.2 Å². The summed E-state index contributed by atoms with van der Waals surface area (Å²) in [5, 5.41) is 0. The van der Waals surface area contributed by atoms with Gasteiger partial charge in [-0.25, -0.2) is 4.79 Å². The van der Waals surface area contributed by atoms with Crippen LogP contribution in [-0.4, -0.2) is 32.1 Å². The van der Waals surface area contributed by atoms with Crippen molar-refractivity contribution in [2.24, 2.45) is 0 Å². The molecule has 0 bridgehead atoms. The van der Waals surface area contributed by atoms with Gasteiger partial charge in [-0.05, 0) is 20.3 Å². The van der Waals surface area contributed by atoms with Crippen LogP contribution in [0, 0.1) is 0 Å². The van der Waals surface area contributed by atoms with Gasteiger partial charge in [0.25, 0.3) is 0 Å². The van der Waals surface area contributed by atoms with Crippen molar-refractivity contribution in [3.63, 3.8) is 0 Å². The van der Waals surface area contributed by atoms with Crippen LogP contribution < -0.4 is 0 Å². The van der Waals surface area contributed by atoms with Gasteiger partial charge >= 0.3 is 6.16 Å². The SMILES string of the molecule is CCCC(C)OC(=O)OCCOCC. The van der Waals surface area contributed by atoms with Gasteiger partial charge in [0, 0.05) is 6.61 Å². The molecule has 0 aromatic heterocycles. The first-order valence-corrected chi connectivity index (χ1v) is 5.11. The highest BCUT2D eigenvalue weighted by Gasteiger charge is 2.08. The molecule has 0 aliphatic carbocycles. The molecule has 0 fully saturated rings. The minimum Gasteiger partial charge on any atom is -0.432 e. The Balaban J connectivity index is 3.35. The molecule has 0 amide bonds. The van der Waals surface area contributed by atoms with E-state index >= 15 is 0 Å². The molecule has 0 aromatic rings. The fraction of sp³-hybridized carbons (Fsp3) is 0.900. The zero-order valence-corrected chi connectivity index (χ0v) is 9.25. The van der Waals surface area contributed by atoms with Gasteiger partial charge in [0.15, 0.2) is 0 Å². The first-order valence-electron chi connectivity index (χ1n) is 5.11. The lowest BCUT2D eigenvalue weighted by atomic mass is 10.2. The van der Waals surface area contributed by atoms with E-state index in [0.717, 1.165) is 12.8 Å². The third kappa shape index (κ3) is 7.86. The number of hydrogen-bond donors (Lipinski definition) is 0. The first kappa shape index (κ1) is 13.2. The smallest absolute Gasteiger partial charge is 0.432 e. The summed E-state index contributed by atoms with van der Waals surface area (Å²) in [6.07, 6.45) is 1.18. The lowest BCUT2D eigenvalue weighted by molar-refractivity contribution is 0.00907. The molecule has 0 rings (SSSR count). The zero-order valence-electron chi connectivity index (χ0n) is 9.25. The number of rotatable bonds is 7. The average molecular weight is 204 g/mol. The van der Waals surface area contributed by atoms with Gasteiger partial charge in [-0.2, -0.15) is 0 Å². The largest absolute Gasteiger partial charge is 0.508 e. The van der Waals surface area contributed by atoms with Crippen LogP contribution in [0.2, 0.25) is 0 Å². The van der Waals surface area contributed by atoms with E-state index in [2.05, 4.69) is 0 Å². The predicted molar refractivity (Wildman–Crippen MR) is 53.3 cm³/mol. The molecular weight excluding hydrogens is 184 g/mol. The monoisotopic (exact) mass is 204 g/mol. The van der Waals surface area contributed by atoms with Crippen LogP contribution in [0.1, 0.15) is 33.6 Å². The topological polar surface area (TPSA) is 44.8 Å². The quantitative estimate of drug-likeness (QED) is 0.471. The van der Waals surface area contributed by atoms with Crippen molar-refractivity contribution in [2.45, 2.75) is 39.7 Å². The maximum atomic E-state index is 11.0. The van der Waals surface area contributed by atoms with Crippen molar-refractivity contribution in [3.05, 3.63) is 0 Å². The minimum absolute atomic E-state index is 0.0698. The molecule has 0 aromatic carbocycles. The third-order valence-electron chi connectivity index (χ3n) is 1.64. The van der Waals surface area contributed by atoms with Gasteiger partial charge in [-0.15, -0.1) is 0 Å². The fourth-order valence-corrected chi connectivity index (χ4v) is 0.992. The Labute approximate surface area is 85.5 Å². The van der Waals surface area contributed by atoms with Crippen molar-refractivity contribution in [1.82, 2.24) is 0 Å². The van der Waals surface area contributed by atoms with Crippen LogP contribution in [0.5, 0.6) is 0 Å². The normalized spacial score (nSPS) is 12.2. The van der Waals surface area contributed by atoms with Gasteiger partial charge in [0.05, 0.1) is 6.61 Å². The maximum absolute atomic E-state index is 11.0. The first-order chi connectivity index (χ1) is 6.70. The molecule has 0 saturated heterocycles. The van der Waals surface area contributed by atoms with Crippen molar-refractivity contribution in [1.29, 1.82) is 0 Å². The van der Waals surface area contributed by atoms with Gasteiger partial charge in [0.1, 0.15) is 12.7 Å². The summed E-state index contributed by atoms with van der Waals surface area (Å²) in [6.45, 7) is 7.10. The molecule has 0 aliphatic rings. The van der Waals surface area contributed by atoms with E-state index in [-0.39, 0.29) is 12.7 Å². The van der Waals surface area contributed by atoms with E-state index in [9.17, 15) is 4.79 Å². The molecule has 4 heteroatoms. The maximum Gasteiger partial charge on any atom is 0.508 e. The lowest BCUT2D eigenvalue weighted by Crippen LogP contribution is -2.17. The second-order valence-electron chi connectivity index (χ2n) is 3.01. The zero-order chi connectivity index (χ0) is 10.8. The fourth-order valence-electron chi connectivity index (χ4n) is 0.992. The second kappa shape index (κ2) is 8.81. The summed E-state index contributed by atoms with van der Waals surface area (Å²) in [5.41, 5.74) is 0. The summed E-state index contributed by atoms with van der Waals surface area (Å²) in [6, 6.07) is 0. The summed E-state index contributed by atoms with van der Waals surface area (Å²) in [5.74, 6) is 0. The van der Waals surface area contributed by atoms with Crippen LogP contribution in [0.4, 0.5) is 4.79 Å². The van der Waals surface area contributed by atoms with Crippen LogP contribution >= 0.6 is 0 Å². The summed E-state index contributed by atoms with van der Waals surface area (Å²) in [7, 11) is 0. The third-order valence-corrected chi connectivity index (χ3v) is 1.64. The Bertz CT molecular complexity index is 147. The molecule has 84 valence electrons. The molecule has 1 atom stereocenters. The Morgan fingerprint density at radius 3 is 2.57 bits per heavy atom. The minimum atomic E-state index is -0.606. The van der Waals surface area contributed by atoms with E-state index in [1.54, 1.807) is 0 Å². The van der Waals surface area contributed by atoms with E-state index in [1.807, 2.05) is 20.8 Å². The molecule has 0 saturated carbocycles. The van der Waals surface area contributed by atoms with Crippen molar-refractivity contribution < 1.29 is 19.0 Å². The molecule has 0 heterocycles. The summed E-state index contributed by atoms with van der Waals surface area (Å²) >= 11 is 0. The Morgan fingerprint density at radius 2 is 2.00 bits per heavy atom. The molecule has 4 nitrogen and oxygen atoms in total. The van der Waals surface area contributed by atoms with E-state index in [4.69, 9.17) is 14.2 Å². The Morgan fingerprint density at radius 1 is 1.29 bits per heavy atom. The molecule has 0 radical (unpaired) electrons. The molecule has 14 heavy (non-hydrogen) atoms. The molecular formula is C10H20O4. The average Bonchev–Trinajstić information content (AvgIpc) is 2.13. The highest BCUT2D eigenvalue weighted by atomic mass is 16.7. The van der Waals surface area contributed by atoms with Crippen molar-refractivity contribution in [2.75, 3.05) is 19.8 Å². The molecule has 0 spiro atoms. The standard InChI is InChI=1S/C10H20O4/c1-4-6-9(3)14-10(11)13-8-7-12-5-2/h9H,4-8H2,1-3H3. The van der Waals surface area contributed by atoms with Crippen LogP contribution in [0.3, 0.4) is 0 Å². The van der Waals surface area contributed by atoms with Crippen LogP contribution in [-0.2, 0) is 14.2 Å². The van der Waals surface area contributed by atoms with E-state index < -0.39 is 6.16 Å². The molecule has 1 unspecified atom stereocenters. The number of carbonyl (C=O) groups excluding carboxylic acids is 1. The number of carbonyl (C=O) groups is 1.